The van der Waals surface area contributed by atoms with Crippen LogP contribution < -0.4 is 4.90 Å². The van der Waals surface area contributed by atoms with Crippen LogP contribution in [0.1, 0.15) is 113 Å². The standard InChI is InChI=1S/C57H52N4O3S2/c1-5-8-29-56(4)45-17-13-11-15-40(45)42-22-19-37(33-47(42)56)61(38-20-23-43-41-16-12-14-18-46(41)57(30-9-6-2,31-10-7-3)48(43)34-38)49-25-24-44(53-54(49)60-64-59-53)50-27-28-52(66-50)51-26-21-39(65-51)32-36(35-58)55(62)63/h11-28,32-34H,5-10,29-31H2,1-4H3,(H,62,63)/b36-32+. The second-order valence-corrected chi connectivity index (χ2v) is 20.2. The first kappa shape index (κ1) is 43.3. The molecule has 3 aromatic heterocycles. The maximum absolute atomic E-state index is 11.5. The lowest BCUT2D eigenvalue weighted by Crippen LogP contribution is -2.26. The number of carboxylic acids is 1. The van der Waals surface area contributed by atoms with Gasteiger partial charge in [-0.2, -0.15) is 5.26 Å². The Morgan fingerprint density at radius 1 is 0.652 bits per heavy atom. The molecule has 2 aliphatic carbocycles. The molecule has 330 valence electrons. The summed E-state index contributed by atoms with van der Waals surface area (Å²) in [5.74, 6) is -1.24. The summed E-state index contributed by atoms with van der Waals surface area (Å²) in [6, 6.07) is 46.3. The maximum atomic E-state index is 11.5. The smallest absolute Gasteiger partial charge is 0.346 e. The second kappa shape index (κ2) is 17.7. The van der Waals surface area contributed by atoms with Crippen molar-refractivity contribution in [2.24, 2.45) is 0 Å². The van der Waals surface area contributed by atoms with E-state index in [1.165, 1.54) is 61.9 Å². The molecule has 8 aromatic rings. The van der Waals surface area contributed by atoms with Gasteiger partial charge in [0.15, 0.2) is 5.52 Å². The van der Waals surface area contributed by atoms with Crippen molar-refractivity contribution in [1.29, 1.82) is 5.26 Å². The minimum absolute atomic E-state index is 0.0860. The molecule has 1 unspecified atom stereocenters. The highest BCUT2D eigenvalue weighted by molar-refractivity contribution is 7.24. The van der Waals surface area contributed by atoms with Gasteiger partial charge in [-0.15, -0.1) is 22.7 Å². The monoisotopic (exact) mass is 904 g/mol. The molecule has 66 heavy (non-hydrogen) atoms. The Kier molecular flexibility index (Phi) is 11.6. The van der Waals surface area contributed by atoms with Gasteiger partial charge < -0.3 is 10.0 Å². The lowest BCUT2D eigenvalue weighted by atomic mass is 9.71. The minimum atomic E-state index is -1.24. The Bertz CT molecular complexity index is 3210. The summed E-state index contributed by atoms with van der Waals surface area (Å²) in [5.41, 5.74) is 15.7. The molecule has 0 saturated carbocycles. The molecule has 10 rings (SSSR count). The van der Waals surface area contributed by atoms with E-state index in [9.17, 15) is 15.2 Å². The molecule has 0 spiro atoms. The molecule has 0 saturated heterocycles. The average molecular weight is 905 g/mol. The summed E-state index contributed by atoms with van der Waals surface area (Å²) in [6.07, 6.45) is 11.5. The number of hydrogen-bond acceptors (Lipinski definition) is 8. The van der Waals surface area contributed by atoms with Crippen LogP contribution in [-0.4, -0.2) is 21.4 Å². The highest BCUT2D eigenvalue weighted by atomic mass is 32.1. The summed E-state index contributed by atoms with van der Waals surface area (Å²) in [6.45, 7) is 9.32. The number of anilines is 3. The van der Waals surface area contributed by atoms with Crippen LogP contribution in [0, 0.1) is 11.3 Å². The van der Waals surface area contributed by atoms with Crippen LogP contribution in [0.5, 0.6) is 0 Å². The van der Waals surface area contributed by atoms with Gasteiger partial charge in [-0.1, -0.05) is 127 Å². The molecule has 1 N–H and O–H groups in total. The van der Waals surface area contributed by atoms with Crippen LogP contribution in [0.3, 0.4) is 0 Å². The van der Waals surface area contributed by atoms with E-state index in [2.05, 4.69) is 152 Å². The van der Waals surface area contributed by atoms with Gasteiger partial charge in [0.2, 0.25) is 0 Å². The van der Waals surface area contributed by atoms with Crippen molar-refractivity contribution in [2.75, 3.05) is 4.90 Å². The van der Waals surface area contributed by atoms with Gasteiger partial charge in [0.25, 0.3) is 0 Å². The third-order valence-electron chi connectivity index (χ3n) is 14.1. The predicted molar refractivity (Wildman–Crippen MR) is 271 cm³/mol. The number of thiophene rings is 2. The molecule has 0 fully saturated rings. The zero-order valence-corrected chi connectivity index (χ0v) is 39.5. The predicted octanol–water partition coefficient (Wildman–Crippen LogP) is 16.3. The molecule has 1 atom stereocenters. The number of carboxylic acid groups (broad SMARTS) is 1. The van der Waals surface area contributed by atoms with Crippen molar-refractivity contribution in [3.05, 3.63) is 154 Å². The van der Waals surface area contributed by atoms with E-state index < -0.39 is 5.97 Å². The van der Waals surface area contributed by atoms with Crippen molar-refractivity contribution >= 4 is 62.8 Å². The molecule has 0 bridgehead atoms. The van der Waals surface area contributed by atoms with Crippen molar-refractivity contribution in [3.8, 4) is 48.5 Å². The first-order valence-electron chi connectivity index (χ1n) is 23.3. The first-order chi connectivity index (χ1) is 32.2. The van der Waals surface area contributed by atoms with Crippen molar-refractivity contribution in [3.63, 3.8) is 0 Å². The van der Waals surface area contributed by atoms with Crippen molar-refractivity contribution in [2.45, 2.75) is 96.3 Å². The van der Waals surface area contributed by atoms with Crippen molar-refractivity contribution in [1.82, 2.24) is 10.3 Å². The molecule has 0 amide bonds. The van der Waals surface area contributed by atoms with Crippen LogP contribution in [0.2, 0.25) is 0 Å². The lowest BCUT2D eigenvalue weighted by Gasteiger charge is -2.34. The van der Waals surface area contributed by atoms with Gasteiger partial charge in [-0.3, -0.25) is 0 Å². The Morgan fingerprint density at radius 2 is 1.21 bits per heavy atom. The zero-order chi connectivity index (χ0) is 45.6. The Balaban J connectivity index is 1.14. The Labute approximate surface area is 394 Å². The van der Waals surface area contributed by atoms with E-state index in [4.69, 9.17) is 4.63 Å². The number of benzene rings is 5. The molecular formula is C57H52N4O3S2. The lowest BCUT2D eigenvalue weighted by molar-refractivity contribution is -0.132. The van der Waals surface area contributed by atoms with Gasteiger partial charge in [0.05, 0.1) is 5.69 Å². The third kappa shape index (κ3) is 7.19. The van der Waals surface area contributed by atoms with E-state index >= 15 is 0 Å². The highest BCUT2D eigenvalue weighted by Crippen LogP contribution is 2.57. The number of rotatable bonds is 16. The first-order valence-corrected chi connectivity index (χ1v) is 25.0. The van der Waals surface area contributed by atoms with E-state index in [0.717, 1.165) is 95.0 Å². The van der Waals surface area contributed by atoms with Crippen LogP contribution in [0.15, 0.2) is 132 Å². The fourth-order valence-electron chi connectivity index (χ4n) is 10.8. The van der Waals surface area contributed by atoms with Crippen LogP contribution in [0.25, 0.3) is 59.6 Å². The van der Waals surface area contributed by atoms with E-state index in [-0.39, 0.29) is 16.4 Å². The van der Waals surface area contributed by atoms with E-state index in [0.29, 0.717) is 15.9 Å². The van der Waals surface area contributed by atoms with Gasteiger partial charge in [0.1, 0.15) is 17.2 Å². The molecule has 2 aliphatic rings. The number of nitriles is 1. The van der Waals surface area contributed by atoms with E-state index in [1.807, 2.05) is 12.1 Å². The average Bonchev–Trinajstić information content (AvgIpc) is 4.20. The number of aromatic nitrogens is 2. The second-order valence-electron chi connectivity index (χ2n) is 18.0. The molecule has 9 heteroatoms. The SMILES string of the molecule is CCCCC1(C)c2ccccc2-c2ccc(N(c3ccc4c(c3)C(CCCC)(CCCC)c3ccccc3-4)c3ccc(-c4ccc(-c5ccc(/C=C(\C#N)C(=O)O)s5)s4)c4nonc34)cc21. The summed E-state index contributed by atoms with van der Waals surface area (Å²) in [4.78, 5) is 17.6. The summed E-state index contributed by atoms with van der Waals surface area (Å²) in [7, 11) is 0. The van der Waals surface area contributed by atoms with Crippen LogP contribution in [-0.2, 0) is 15.6 Å². The molecule has 0 aliphatic heterocycles. The number of hydrogen-bond donors (Lipinski definition) is 1. The topological polar surface area (TPSA) is 103 Å². The van der Waals surface area contributed by atoms with Crippen LogP contribution in [0.4, 0.5) is 17.1 Å². The quantitative estimate of drug-likeness (QED) is 0.0761. The normalized spacial score (nSPS) is 15.6. The maximum Gasteiger partial charge on any atom is 0.346 e. The fourth-order valence-corrected chi connectivity index (χ4v) is 12.9. The molecule has 0 radical (unpaired) electrons. The van der Waals surface area contributed by atoms with Gasteiger partial charge in [-0.25, -0.2) is 9.42 Å². The zero-order valence-electron chi connectivity index (χ0n) is 37.9. The van der Waals surface area contributed by atoms with Gasteiger partial charge in [0, 0.05) is 47.3 Å². The van der Waals surface area contributed by atoms with E-state index in [1.54, 1.807) is 17.4 Å². The third-order valence-corrected chi connectivity index (χ3v) is 16.5. The number of carbonyl (C=O) groups is 1. The summed E-state index contributed by atoms with van der Waals surface area (Å²) in [5, 5.41) is 28.0. The van der Waals surface area contributed by atoms with Gasteiger partial charge >= 0.3 is 5.97 Å². The van der Waals surface area contributed by atoms with Crippen LogP contribution >= 0.6 is 22.7 Å². The molecular weight excluding hydrogens is 853 g/mol. The summed E-state index contributed by atoms with van der Waals surface area (Å²) < 4.78 is 5.68. The molecule has 7 nitrogen and oxygen atoms in total. The molecule has 3 heterocycles. The minimum Gasteiger partial charge on any atom is -0.477 e. The van der Waals surface area contributed by atoms with Crippen molar-refractivity contribution < 1.29 is 14.5 Å². The largest absolute Gasteiger partial charge is 0.477 e. The molecule has 5 aromatic carbocycles. The number of nitrogens with zero attached hydrogens (tertiary/aromatic N) is 4. The number of aliphatic carboxylic acids is 1. The highest BCUT2D eigenvalue weighted by Gasteiger charge is 2.43. The number of fused-ring (bicyclic) bond motifs is 7. The Hall–Kier alpha value is -6.60. The summed E-state index contributed by atoms with van der Waals surface area (Å²) >= 11 is 3.08. The van der Waals surface area contributed by atoms with Gasteiger partial charge in [-0.05, 0) is 141 Å². The number of unbranched alkanes of at least 4 members (excludes halogenated alkanes) is 3. The Morgan fingerprint density at radius 3 is 1.91 bits per heavy atom. The fraction of sp³-hybridized carbons (Fsp3) is 0.263.